The predicted octanol–water partition coefficient (Wildman–Crippen LogP) is 3.47. The maximum absolute atomic E-state index is 12.2. The van der Waals surface area contributed by atoms with Gasteiger partial charge in [-0.05, 0) is 32.9 Å². The van der Waals surface area contributed by atoms with E-state index >= 15 is 0 Å². The van der Waals surface area contributed by atoms with Crippen molar-refractivity contribution in [2.75, 3.05) is 0 Å². The highest BCUT2D eigenvalue weighted by Gasteiger charge is 2.31. The lowest BCUT2D eigenvalue weighted by atomic mass is 10.2. The number of benzene rings is 1. The lowest BCUT2D eigenvalue weighted by Gasteiger charge is -2.13. The Hall–Kier alpha value is -1.37. The first-order valence-electron chi connectivity index (χ1n) is 5.40. The highest BCUT2D eigenvalue weighted by Crippen LogP contribution is 2.25. The van der Waals surface area contributed by atoms with Gasteiger partial charge in [0, 0.05) is 11.8 Å². The van der Waals surface area contributed by atoms with Crippen LogP contribution in [0.4, 0.5) is 13.2 Å². The minimum atomic E-state index is -4.77. The van der Waals surface area contributed by atoms with Crippen molar-refractivity contribution in [3.8, 4) is 5.75 Å². The summed E-state index contributed by atoms with van der Waals surface area (Å²) in [5, 5.41) is 0. The second kappa shape index (κ2) is 5.73. The first-order valence-corrected chi connectivity index (χ1v) is 6.51. The summed E-state index contributed by atoms with van der Waals surface area (Å²) < 4.78 is 55.3. The number of hydrogen-bond acceptors (Lipinski definition) is 2. The molecule has 0 amide bonds. The molecule has 1 unspecified atom stereocenters. The molecule has 0 fully saturated rings. The van der Waals surface area contributed by atoms with E-state index in [0.717, 1.165) is 6.21 Å². The Morgan fingerprint density at radius 3 is 2.32 bits per heavy atom. The van der Waals surface area contributed by atoms with Gasteiger partial charge < -0.3 is 4.74 Å². The molecule has 1 rings (SSSR count). The molecular weight excluding hydrogens is 279 g/mol. The molecule has 3 nitrogen and oxygen atoms in total. The van der Waals surface area contributed by atoms with E-state index in [1.807, 2.05) is 0 Å². The van der Waals surface area contributed by atoms with Gasteiger partial charge in [-0.15, -0.1) is 13.2 Å². The van der Waals surface area contributed by atoms with Crippen molar-refractivity contribution in [1.29, 1.82) is 0 Å². The second-order valence-corrected chi connectivity index (χ2v) is 6.62. The first-order chi connectivity index (χ1) is 8.59. The Balaban J connectivity index is 2.96. The summed E-state index contributed by atoms with van der Waals surface area (Å²) in [4.78, 5) is 0. The van der Waals surface area contributed by atoms with Gasteiger partial charge in [-0.2, -0.15) is 4.40 Å². The van der Waals surface area contributed by atoms with Gasteiger partial charge in [0.2, 0.25) is 0 Å². The standard InChI is InChI=1S/C12H14F3NO2S/c1-11(2,3)19(17)16-8-9-6-4-5-7-10(9)18-12(13,14)15/h4-8H,1-3H3. The van der Waals surface area contributed by atoms with Crippen molar-refractivity contribution in [2.24, 2.45) is 4.40 Å². The summed E-state index contributed by atoms with van der Waals surface area (Å²) in [5.74, 6) is -0.371. The van der Waals surface area contributed by atoms with Crippen LogP contribution in [-0.4, -0.2) is 21.5 Å². The average Bonchev–Trinajstić information content (AvgIpc) is 2.24. The van der Waals surface area contributed by atoms with Crippen LogP contribution in [0, 0.1) is 0 Å². The van der Waals surface area contributed by atoms with E-state index in [2.05, 4.69) is 9.13 Å². The number of alkyl halides is 3. The number of ether oxygens (including phenoxy) is 1. The molecule has 0 spiro atoms. The fourth-order valence-electron chi connectivity index (χ4n) is 1.07. The molecule has 0 aliphatic heterocycles. The molecule has 0 saturated carbocycles. The van der Waals surface area contributed by atoms with E-state index in [1.54, 1.807) is 26.8 Å². The van der Waals surface area contributed by atoms with Gasteiger partial charge in [-0.25, -0.2) is 4.21 Å². The monoisotopic (exact) mass is 293 g/mol. The van der Waals surface area contributed by atoms with Crippen LogP contribution in [0.2, 0.25) is 0 Å². The molecule has 0 radical (unpaired) electrons. The Morgan fingerprint density at radius 1 is 1.21 bits per heavy atom. The molecule has 0 N–H and O–H groups in total. The van der Waals surface area contributed by atoms with Crippen molar-refractivity contribution < 1.29 is 22.1 Å². The van der Waals surface area contributed by atoms with Crippen molar-refractivity contribution >= 4 is 17.2 Å². The molecular formula is C12H14F3NO2S. The molecule has 0 heterocycles. The summed E-state index contributed by atoms with van der Waals surface area (Å²) >= 11 is 0. The van der Waals surface area contributed by atoms with E-state index in [-0.39, 0.29) is 11.3 Å². The summed E-state index contributed by atoms with van der Waals surface area (Å²) in [5.41, 5.74) is 0.123. The van der Waals surface area contributed by atoms with Crippen molar-refractivity contribution in [3.63, 3.8) is 0 Å². The number of nitrogens with zero attached hydrogens (tertiary/aromatic N) is 1. The Bertz CT molecular complexity index is 492. The van der Waals surface area contributed by atoms with E-state index in [4.69, 9.17) is 0 Å². The normalized spacial score (nSPS) is 14.6. The van der Waals surface area contributed by atoms with Gasteiger partial charge in [0.25, 0.3) is 0 Å². The van der Waals surface area contributed by atoms with Crippen LogP contribution in [0.1, 0.15) is 26.3 Å². The minimum absolute atomic E-state index is 0.123. The summed E-state index contributed by atoms with van der Waals surface area (Å²) in [7, 11) is -1.54. The maximum atomic E-state index is 12.2. The summed E-state index contributed by atoms with van der Waals surface area (Å²) in [6.45, 7) is 5.16. The zero-order chi connectivity index (χ0) is 14.7. The van der Waals surface area contributed by atoms with Crippen molar-refractivity contribution in [3.05, 3.63) is 29.8 Å². The van der Waals surface area contributed by atoms with Crippen LogP contribution in [0.25, 0.3) is 0 Å². The van der Waals surface area contributed by atoms with Crippen LogP contribution in [0.5, 0.6) is 5.75 Å². The summed E-state index contributed by atoms with van der Waals surface area (Å²) in [6.07, 6.45) is -3.64. The van der Waals surface area contributed by atoms with Crippen LogP contribution < -0.4 is 4.74 Å². The van der Waals surface area contributed by atoms with Crippen molar-refractivity contribution in [2.45, 2.75) is 31.9 Å². The Labute approximate surface area is 112 Å². The third-order valence-corrected chi connectivity index (χ3v) is 3.30. The van der Waals surface area contributed by atoms with Crippen molar-refractivity contribution in [1.82, 2.24) is 0 Å². The van der Waals surface area contributed by atoms with E-state index in [1.165, 1.54) is 18.2 Å². The van der Waals surface area contributed by atoms with Gasteiger partial charge in [0.05, 0.1) is 4.75 Å². The molecule has 1 atom stereocenters. The molecule has 19 heavy (non-hydrogen) atoms. The molecule has 0 aliphatic rings. The first kappa shape index (κ1) is 15.7. The number of halogens is 3. The van der Waals surface area contributed by atoms with Crippen LogP contribution in [-0.2, 0) is 11.0 Å². The molecule has 0 bridgehead atoms. The van der Waals surface area contributed by atoms with Crippen LogP contribution >= 0.6 is 0 Å². The highest BCUT2D eigenvalue weighted by atomic mass is 32.2. The van der Waals surface area contributed by atoms with Crippen LogP contribution in [0.3, 0.4) is 0 Å². The molecule has 0 aliphatic carbocycles. The fourth-order valence-corrected chi connectivity index (χ4v) is 1.59. The lowest BCUT2D eigenvalue weighted by molar-refractivity contribution is -0.274. The zero-order valence-corrected chi connectivity index (χ0v) is 11.5. The number of rotatable bonds is 3. The summed E-state index contributed by atoms with van der Waals surface area (Å²) in [6, 6.07) is 5.54. The molecule has 0 aromatic heterocycles. The lowest BCUT2D eigenvalue weighted by Crippen LogP contribution is -2.20. The number of hydrogen-bond donors (Lipinski definition) is 0. The quantitative estimate of drug-likeness (QED) is 0.800. The third kappa shape index (κ3) is 5.42. The molecule has 1 aromatic rings. The minimum Gasteiger partial charge on any atom is -0.405 e. The third-order valence-electron chi connectivity index (χ3n) is 1.96. The van der Waals surface area contributed by atoms with E-state index in [0.29, 0.717) is 0 Å². The Kier molecular flexibility index (Phi) is 4.73. The number of para-hydroxylation sites is 1. The average molecular weight is 293 g/mol. The van der Waals surface area contributed by atoms with Gasteiger partial charge >= 0.3 is 6.36 Å². The molecule has 106 valence electrons. The second-order valence-electron chi connectivity index (χ2n) is 4.68. The van der Waals surface area contributed by atoms with Gasteiger partial charge in [0.1, 0.15) is 16.7 Å². The predicted molar refractivity (Wildman–Crippen MR) is 68.6 cm³/mol. The molecule has 1 aromatic carbocycles. The largest absolute Gasteiger partial charge is 0.573 e. The SMILES string of the molecule is CC(C)(C)S(=O)N=Cc1ccccc1OC(F)(F)F. The smallest absolute Gasteiger partial charge is 0.405 e. The van der Waals surface area contributed by atoms with E-state index < -0.39 is 22.1 Å². The van der Waals surface area contributed by atoms with Gasteiger partial charge in [-0.1, -0.05) is 12.1 Å². The Morgan fingerprint density at radius 2 is 1.79 bits per heavy atom. The van der Waals surface area contributed by atoms with E-state index in [9.17, 15) is 17.4 Å². The fraction of sp³-hybridized carbons (Fsp3) is 0.417. The molecule has 0 saturated heterocycles. The van der Waals surface area contributed by atoms with Crippen LogP contribution in [0.15, 0.2) is 28.7 Å². The topological polar surface area (TPSA) is 38.7 Å². The molecule has 7 heteroatoms. The highest BCUT2D eigenvalue weighted by molar-refractivity contribution is 7.85. The maximum Gasteiger partial charge on any atom is 0.573 e. The van der Waals surface area contributed by atoms with Gasteiger partial charge in [-0.3, -0.25) is 0 Å². The van der Waals surface area contributed by atoms with Gasteiger partial charge in [0.15, 0.2) is 0 Å². The zero-order valence-electron chi connectivity index (χ0n) is 10.7.